The highest BCUT2D eigenvalue weighted by Gasteiger charge is 2.23. The Morgan fingerprint density at radius 1 is 1.03 bits per heavy atom. The molecule has 1 N–H and O–H groups in total. The lowest BCUT2D eigenvalue weighted by molar-refractivity contribution is -0.120. The predicted octanol–water partition coefficient (Wildman–Crippen LogP) is 5.86. The minimum Gasteiger partial charge on any atom is -0.457 e. The van der Waals surface area contributed by atoms with E-state index in [-0.39, 0.29) is 11.8 Å². The van der Waals surface area contributed by atoms with Gasteiger partial charge in [0.05, 0.1) is 23.6 Å². The van der Waals surface area contributed by atoms with Gasteiger partial charge in [-0.2, -0.15) is 5.10 Å². The number of hydrogen-bond acceptors (Lipinski definition) is 3. The van der Waals surface area contributed by atoms with Crippen molar-refractivity contribution in [1.29, 1.82) is 0 Å². The Morgan fingerprint density at radius 3 is 2.53 bits per heavy atom. The fourth-order valence-electron chi connectivity index (χ4n) is 4.13. The first-order chi connectivity index (χ1) is 14.6. The van der Waals surface area contributed by atoms with E-state index in [0.717, 1.165) is 59.8 Å². The van der Waals surface area contributed by atoms with Crippen LogP contribution in [0.25, 0.3) is 0 Å². The summed E-state index contributed by atoms with van der Waals surface area (Å²) >= 11 is 0. The van der Waals surface area contributed by atoms with E-state index in [1.165, 1.54) is 6.42 Å². The molecule has 1 heterocycles. The van der Waals surface area contributed by atoms with Gasteiger partial charge in [0.2, 0.25) is 5.91 Å². The Morgan fingerprint density at radius 2 is 1.77 bits per heavy atom. The largest absolute Gasteiger partial charge is 0.457 e. The summed E-state index contributed by atoms with van der Waals surface area (Å²) in [5.41, 5.74) is 3.78. The predicted molar refractivity (Wildman–Crippen MR) is 119 cm³/mol. The average Bonchev–Trinajstić information content (AvgIpc) is 3.02. The third-order valence-electron chi connectivity index (χ3n) is 5.82. The van der Waals surface area contributed by atoms with Gasteiger partial charge in [-0.05, 0) is 56.5 Å². The van der Waals surface area contributed by atoms with Gasteiger partial charge < -0.3 is 10.1 Å². The summed E-state index contributed by atoms with van der Waals surface area (Å²) in [7, 11) is 0. The number of para-hydroxylation sites is 1. The summed E-state index contributed by atoms with van der Waals surface area (Å²) < 4.78 is 7.90. The number of aromatic nitrogens is 2. The van der Waals surface area contributed by atoms with Crippen LogP contribution >= 0.6 is 0 Å². The van der Waals surface area contributed by atoms with E-state index in [1.54, 1.807) is 0 Å². The van der Waals surface area contributed by atoms with Crippen LogP contribution in [0.5, 0.6) is 11.5 Å². The lowest BCUT2D eigenvalue weighted by Crippen LogP contribution is -2.25. The average molecular weight is 404 g/mol. The summed E-state index contributed by atoms with van der Waals surface area (Å²) in [6.07, 6.45) is 5.53. The van der Waals surface area contributed by atoms with E-state index in [2.05, 4.69) is 16.5 Å². The highest BCUT2D eigenvalue weighted by molar-refractivity contribution is 5.93. The third-order valence-corrected chi connectivity index (χ3v) is 5.82. The molecule has 4 rings (SSSR count). The van der Waals surface area contributed by atoms with E-state index in [0.29, 0.717) is 6.54 Å². The summed E-state index contributed by atoms with van der Waals surface area (Å²) in [4.78, 5) is 12.7. The van der Waals surface area contributed by atoms with Crippen molar-refractivity contribution in [1.82, 2.24) is 9.78 Å². The molecule has 0 atom stereocenters. The van der Waals surface area contributed by atoms with Crippen molar-refractivity contribution in [2.75, 3.05) is 5.32 Å². The molecule has 1 fully saturated rings. The van der Waals surface area contributed by atoms with Crippen LogP contribution in [0, 0.1) is 19.8 Å². The quantitative estimate of drug-likeness (QED) is 0.561. The molecule has 3 aromatic rings. The van der Waals surface area contributed by atoms with Crippen LogP contribution in [0.3, 0.4) is 0 Å². The maximum absolute atomic E-state index is 12.7. The summed E-state index contributed by atoms with van der Waals surface area (Å²) in [6, 6.07) is 17.8. The fraction of sp³-hybridized carbons (Fsp3) is 0.360. The first-order valence-electron chi connectivity index (χ1n) is 10.8. The van der Waals surface area contributed by atoms with Crippen LogP contribution in [-0.4, -0.2) is 15.7 Å². The molecule has 1 amide bonds. The number of nitrogens with one attached hydrogen (secondary N) is 1. The Bertz CT molecular complexity index is 1000. The molecular weight excluding hydrogens is 374 g/mol. The van der Waals surface area contributed by atoms with Crippen LogP contribution < -0.4 is 10.1 Å². The standard InChI is InChI=1S/C25H29N3O2/c1-18-24(26-25(29)21-11-5-3-6-12-21)19(2)28(27-18)17-20-10-9-15-23(16-20)30-22-13-7-4-8-14-22/h4,7-10,13-16,21H,3,5-6,11-12,17H2,1-2H3,(H,26,29). The summed E-state index contributed by atoms with van der Waals surface area (Å²) in [5, 5.41) is 7.83. The molecule has 1 aromatic heterocycles. The number of anilines is 1. The number of carbonyl (C=O) groups excluding carboxylic acids is 1. The van der Waals surface area contributed by atoms with Crippen molar-refractivity contribution >= 4 is 11.6 Å². The molecule has 5 heteroatoms. The van der Waals surface area contributed by atoms with Gasteiger partial charge >= 0.3 is 0 Å². The maximum atomic E-state index is 12.7. The monoisotopic (exact) mass is 403 g/mol. The Balaban J connectivity index is 1.47. The Hall–Kier alpha value is -3.08. The molecule has 0 spiro atoms. The van der Waals surface area contributed by atoms with E-state index in [9.17, 15) is 4.79 Å². The number of ether oxygens (including phenoxy) is 1. The van der Waals surface area contributed by atoms with Crippen molar-refractivity contribution in [3.05, 3.63) is 71.5 Å². The summed E-state index contributed by atoms with van der Waals surface area (Å²) in [6.45, 7) is 4.59. The molecule has 2 aromatic carbocycles. The molecule has 0 saturated heterocycles. The zero-order valence-electron chi connectivity index (χ0n) is 17.7. The second kappa shape index (κ2) is 9.16. The minimum atomic E-state index is 0.132. The molecule has 1 saturated carbocycles. The lowest BCUT2D eigenvalue weighted by Gasteiger charge is -2.20. The van der Waals surface area contributed by atoms with E-state index >= 15 is 0 Å². The van der Waals surface area contributed by atoms with Gasteiger partial charge in [-0.1, -0.05) is 49.6 Å². The van der Waals surface area contributed by atoms with Crippen molar-refractivity contribution in [3.8, 4) is 11.5 Å². The lowest BCUT2D eigenvalue weighted by atomic mass is 9.88. The molecule has 1 aliphatic rings. The van der Waals surface area contributed by atoms with Gasteiger partial charge in [-0.3, -0.25) is 9.48 Å². The highest BCUT2D eigenvalue weighted by Crippen LogP contribution is 2.28. The number of nitrogens with zero attached hydrogens (tertiary/aromatic N) is 2. The second-order valence-corrected chi connectivity index (χ2v) is 8.09. The molecule has 0 unspecified atom stereocenters. The van der Waals surface area contributed by atoms with E-state index < -0.39 is 0 Å². The van der Waals surface area contributed by atoms with Gasteiger partial charge in [-0.25, -0.2) is 0 Å². The van der Waals surface area contributed by atoms with Gasteiger partial charge in [0.1, 0.15) is 11.5 Å². The van der Waals surface area contributed by atoms with Crippen molar-refractivity contribution in [2.24, 2.45) is 5.92 Å². The zero-order chi connectivity index (χ0) is 20.9. The van der Waals surface area contributed by atoms with Gasteiger partial charge in [0.25, 0.3) is 0 Å². The van der Waals surface area contributed by atoms with Crippen LogP contribution in [0.1, 0.15) is 49.1 Å². The molecule has 0 radical (unpaired) electrons. The fourth-order valence-corrected chi connectivity index (χ4v) is 4.13. The second-order valence-electron chi connectivity index (χ2n) is 8.09. The number of hydrogen-bond donors (Lipinski definition) is 1. The molecule has 30 heavy (non-hydrogen) atoms. The molecular formula is C25H29N3O2. The van der Waals surface area contributed by atoms with E-state index in [4.69, 9.17) is 4.74 Å². The topological polar surface area (TPSA) is 56.1 Å². The molecule has 1 aliphatic carbocycles. The first-order valence-corrected chi connectivity index (χ1v) is 10.8. The van der Waals surface area contributed by atoms with Crippen LogP contribution in [0.15, 0.2) is 54.6 Å². The molecule has 0 aliphatic heterocycles. The Labute approximate surface area is 178 Å². The summed E-state index contributed by atoms with van der Waals surface area (Å²) in [5.74, 6) is 1.88. The minimum absolute atomic E-state index is 0.132. The van der Waals surface area contributed by atoms with Crippen molar-refractivity contribution < 1.29 is 9.53 Å². The van der Waals surface area contributed by atoms with Crippen molar-refractivity contribution in [2.45, 2.75) is 52.5 Å². The molecule has 5 nitrogen and oxygen atoms in total. The third kappa shape index (κ3) is 4.73. The number of rotatable bonds is 6. The number of aryl methyl sites for hydroxylation is 1. The van der Waals surface area contributed by atoms with Gasteiger partial charge in [0, 0.05) is 5.92 Å². The van der Waals surface area contributed by atoms with E-state index in [1.807, 2.05) is 67.1 Å². The molecule has 0 bridgehead atoms. The smallest absolute Gasteiger partial charge is 0.227 e. The maximum Gasteiger partial charge on any atom is 0.227 e. The number of benzene rings is 2. The van der Waals surface area contributed by atoms with Crippen LogP contribution in [-0.2, 0) is 11.3 Å². The van der Waals surface area contributed by atoms with Crippen molar-refractivity contribution in [3.63, 3.8) is 0 Å². The van der Waals surface area contributed by atoms with Crippen LogP contribution in [0.2, 0.25) is 0 Å². The first kappa shape index (κ1) is 20.2. The normalized spacial score (nSPS) is 14.5. The van der Waals surface area contributed by atoms with Crippen LogP contribution in [0.4, 0.5) is 5.69 Å². The highest BCUT2D eigenvalue weighted by atomic mass is 16.5. The number of amides is 1. The molecule has 156 valence electrons. The number of carbonyl (C=O) groups is 1. The van der Waals surface area contributed by atoms with Gasteiger partial charge in [0.15, 0.2) is 0 Å². The Kier molecular flexibility index (Phi) is 6.17. The SMILES string of the molecule is Cc1nn(Cc2cccc(Oc3ccccc3)c2)c(C)c1NC(=O)C1CCCCC1. The zero-order valence-corrected chi connectivity index (χ0v) is 17.7. The van der Waals surface area contributed by atoms with Gasteiger partial charge in [-0.15, -0.1) is 0 Å².